The van der Waals surface area contributed by atoms with E-state index in [4.69, 9.17) is 20.9 Å². The third kappa shape index (κ3) is 2.73. The molecule has 0 radical (unpaired) electrons. The lowest BCUT2D eigenvalue weighted by molar-refractivity contribution is -0.186. The molecule has 2 saturated carbocycles. The van der Waals surface area contributed by atoms with Crippen LogP contribution in [0.15, 0.2) is 46.0 Å². The molecule has 1 aromatic carbocycles. The minimum Gasteiger partial charge on any atom is -0.464 e. The highest BCUT2D eigenvalue weighted by atomic mass is 35.5. The Kier molecular flexibility index (Phi) is 4.77. The number of allylic oxidation sites excluding steroid dienone is 1. The summed E-state index contributed by atoms with van der Waals surface area (Å²) in [5.41, 5.74) is -2.11. The summed E-state index contributed by atoms with van der Waals surface area (Å²) < 4.78 is 11.7. The fourth-order valence-electron chi connectivity index (χ4n) is 7.68. The first-order chi connectivity index (χ1) is 16.5. The van der Waals surface area contributed by atoms with Crippen molar-refractivity contribution in [3.05, 3.63) is 46.5 Å². The van der Waals surface area contributed by atoms with Crippen molar-refractivity contribution < 1.29 is 29.4 Å². The maximum absolute atomic E-state index is 14.4. The topological polar surface area (TPSA) is 113 Å². The van der Waals surface area contributed by atoms with Crippen LogP contribution in [0.2, 0.25) is 5.02 Å². The van der Waals surface area contributed by atoms with E-state index < -0.39 is 35.7 Å². The lowest BCUT2D eigenvalue weighted by Crippen LogP contribution is -2.66. The molecule has 2 fully saturated rings. The summed E-state index contributed by atoms with van der Waals surface area (Å²) in [6.07, 6.45) is 1.66. The van der Waals surface area contributed by atoms with Crippen LogP contribution in [-0.2, 0) is 4.79 Å². The van der Waals surface area contributed by atoms with Crippen LogP contribution in [-0.4, -0.2) is 50.7 Å². The maximum Gasteiger partial charge on any atom is 0.262 e. The van der Waals surface area contributed by atoms with E-state index >= 15 is 0 Å². The van der Waals surface area contributed by atoms with E-state index in [9.17, 15) is 20.1 Å². The Morgan fingerprint density at radius 3 is 2.77 bits per heavy atom. The van der Waals surface area contributed by atoms with Gasteiger partial charge in [-0.15, -0.1) is 0 Å². The van der Waals surface area contributed by atoms with Gasteiger partial charge in [-0.3, -0.25) is 4.79 Å². The zero-order valence-corrected chi connectivity index (χ0v) is 20.9. The molecule has 0 saturated heterocycles. The molecule has 1 unspecified atom stereocenters. The normalized spacial score (nSPS) is 41.4. The van der Waals surface area contributed by atoms with Crippen molar-refractivity contribution >= 4 is 28.4 Å². The van der Waals surface area contributed by atoms with Crippen LogP contribution in [0.25, 0.3) is 11.0 Å². The molecule has 6 rings (SSSR count). The van der Waals surface area contributed by atoms with Crippen molar-refractivity contribution in [3.8, 4) is 5.88 Å². The number of nitrogens with zero attached hydrogens (tertiary/aromatic N) is 1. The monoisotopic (exact) mass is 499 g/mol. The number of benzene rings is 1. The first-order valence-electron chi connectivity index (χ1n) is 12.2. The second kappa shape index (κ2) is 7.19. The van der Waals surface area contributed by atoms with Crippen molar-refractivity contribution in [2.24, 2.45) is 34.5 Å². The van der Waals surface area contributed by atoms with Gasteiger partial charge >= 0.3 is 0 Å². The van der Waals surface area contributed by atoms with E-state index in [1.165, 1.54) is 0 Å². The average molecular weight is 500 g/mol. The number of carbonyl (C=O) groups is 1. The summed E-state index contributed by atoms with van der Waals surface area (Å²) >= 11 is 6.17. The van der Waals surface area contributed by atoms with Crippen LogP contribution in [0, 0.1) is 34.5 Å². The molecular formula is C27H30ClNO6. The number of carbonyl (C=O) groups excluding carboxylic acids is 1. The van der Waals surface area contributed by atoms with E-state index in [1.54, 1.807) is 31.2 Å². The Morgan fingerprint density at radius 2 is 2.06 bits per heavy atom. The molecule has 8 heteroatoms. The Hall–Kier alpha value is -2.19. The van der Waals surface area contributed by atoms with Crippen LogP contribution in [0.4, 0.5) is 0 Å². The zero-order valence-electron chi connectivity index (χ0n) is 20.2. The number of hydrogen-bond donors (Lipinski definition) is 3. The molecule has 2 aromatic rings. The van der Waals surface area contributed by atoms with E-state index in [1.807, 2.05) is 13.0 Å². The van der Waals surface area contributed by atoms with Crippen LogP contribution in [0.1, 0.15) is 34.1 Å². The highest BCUT2D eigenvalue weighted by molar-refractivity contribution is 6.31. The fourth-order valence-corrected chi connectivity index (χ4v) is 7.85. The van der Waals surface area contributed by atoms with Gasteiger partial charge in [0.1, 0.15) is 6.10 Å². The summed E-state index contributed by atoms with van der Waals surface area (Å²) in [5, 5.41) is 39.4. The number of ketones is 1. The number of ether oxygens (including phenoxy) is 1. The van der Waals surface area contributed by atoms with Crippen molar-refractivity contribution in [2.45, 2.75) is 51.9 Å². The number of aliphatic hydroxyl groups is 3. The molecule has 3 N–H and O–H groups in total. The molecule has 1 aromatic heterocycles. The van der Waals surface area contributed by atoms with Gasteiger partial charge in [0.05, 0.1) is 17.4 Å². The van der Waals surface area contributed by atoms with E-state index in [0.29, 0.717) is 27.5 Å². The fraction of sp³-hybridized carbons (Fsp3) is 0.556. The molecule has 2 bridgehead atoms. The molecule has 35 heavy (non-hydrogen) atoms. The van der Waals surface area contributed by atoms with Gasteiger partial charge in [-0.1, -0.05) is 44.5 Å². The Labute approximate surface area is 208 Å². The molecule has 4 aliphatic rings. The number of rotatable bonds is 3. The van der Waals surface area contributed by atoms with Crippen molar-refractivity contribution in [1.29, 1.82) is 0 Å². The molecule has 1 heterocycles. The summed E-state index contributed by atoms with van der Waals surface area (Å²) in [5.74, 6) is -0.342. The molecule has 0 aliphatic heterocycles. The molecule has 0 amide bonds. The quantitative estimate of drug-likeness (QED) is 0.552. The van der Waals surface area contributed by atoms with E-state index in [0.717, 1.165) is 6.42 Å². The van der Waals surface area contributed by atoms with Crippen LogP contribution in [0.5, 0.6) is 5.88 Å². The number of halogens is 1. The largest absolute Gasteiger partial charge is 0.464 e. The second-order valence-corrected chi connectivity index (χ2v) is 11.9. The summed E-state index contributed by atoms with van der Waals surface area (Å²) in [6.45, 7) is 7.64. The highest BCUT2D eigenvalue weighted by Gasteiger charge is 2.76. The summed E-state index contributed by atoms with van der Waals surface area (Å²) in [7, 11) is 0. The number of Topliss-reactive ketones (excluding diaryl/α,β-unsaturated/α-hetero) is 1. The third-order valence-electron chi connectivity index (χ3n) is 9.53. The lowest BCUT2D eigenvalue weighted by atomic mass is 9.59. The van der Waals surface area contributed by atoms with Crippen molar-refractivity contribution in [2.75, 3.05) is 6.61 Å². The molecular weight excluding hydrogens is 470 g/mol. The van der Waals surface area contributed by atoms with Gasteiger partial charge in [0.2, 0.25) is 0 Å². The number of hydrogen-bond acceptors (Lipinski definition) is 7. The van der Waals surface area contributed by atoms with E-state index in [-0.39, 0.29) is 34.5 Å². The van der Waals surface area contributed by atoms with Gasteiger partial charge in [-0.05, 0) is 71.0 Å². The van der Waals surface area contributed by atoms with Gasteiger partial charge in [0.15, 0.2) is 23.1 Å². The van der Waals surface area contributed by atoms with Crippen LogP contribution < -0.4 is 4.74 Å². The minimum atomic E-state index is -2.04. The number of aliphatic hydroxyl groups excluding tert-OH is 2. The van der Waals surface area contributed by atoms with Crippen LogP contribution in [0.3, 0.4) is 0 Å². The van der Waals surface area contributed by atoms with E-state index in [2.05, 4.69) is 19.0 Å². The van der Waals surface area contributed by atoms with Gasteiger partial charge in [0.25, 0.3) is 5.88 Å². The summed E-state index contributed by atoms with van der Waals surface area (Å²) in [6, 6.07) is 5.01. The lowest BCUT2D eigenvalue weighted by Gasteiger charge is -2.48. The zero-order chi connectivity index (χ0) is 25.1. The number of fused-ring (bicyclic) bond motifs is 4. The van der Waals surface area contributed by atoms with Crippen LogP contribution >= 0.6 is 11.6 Å². The van der Waals surface area contributed by atoms with Gasteiger partial charge in [0, 0.05) is 10.9 Å². The molecule has 7 nitrogen and oxygen atoms in total. The molecule has 1 spiro atoms. The predicted molar refractivity (Wildman–Crippen MR) is 129 cm³/mol. The van der Waals surface area contributed by atoms with Gasteiger partial charge in [-0.2, -0.15) is 0 Å². The second-order valence-electron chi connectivity index (χ2n) is 11.5. The minimum absolute atomic E-state index is 0.0210. The first-order valence-corrected chi connectivity index (χ1v) is 12.5. The first kappa shape index (κ1) is 23.2. The Bertz CT molecular complexity index is 1310. The third-order valence-corrected chi connectivity index (χ3v) is 9.76. The van der Waals surface area contributed by atoms with Crippen molar-refractivity contribution in [3.63, 3.8) is 0 Å². The Morgan fingerprint density at radius 1 is 1.31 bits per heavy atom. The smallest absolute Gasteiger partial charge is 0.262 e. The molecule has 4 aliphatic carbocycles. The summed E-state index contributed by atoms with van der Waals surface area (Å²) in [4.78, 5) is 14.4. The predicted octanol–water partition coefficient (Wildman–Crippen LogP) is 3.70. The average Bonchev–Trinajstić information content (AvgIpc) is 3.09. The van der Waals surface area contributed by atoms with Gasteiger partial charge in [-0.25, -0.2) is 0 Å². The standard InChI is InChI=1S/C27H30ClNO6/c1-12-10-26-13(2)7-18-20(25(18,3)4)17(22(26)32)8-14(11-30)21(31)27(26,33)23(12)34-24-16-9-15(28)5-6-19(16)35-29-24/h5-6,8-10,13,17-18,20-21,23,30-31,33H,7,11H2,1-4H3/t13-,17+,18-,20+,21-,23+,26?,27+/m1/s1. The molecule has 8 atom stereocenters. The SMILES string of the molecule is CC1=CC23C(=O)[C@@H](C=C(CO)[C@@H](O)[C@]2(O)[C@H]1Oc1noc2ccc(Cl)cc12)[C@H]1[C@@H](C[C@H]3C)C1(C)C. The maximum atomic E-state index is 14.4. The van der Waals surface area contributed by atoms with Gasteiger partial charge < -0.3 is 24.6 Å². The molecule has 186 valence electrons. The number of aromatic nitrogens is 1. The van der Waals surface area contributed by atoms with Crippen molar-refractivity contribution in [1.82, 2.24) is 5.16 Å². The Balaban J connectivity index is 1.52. The highest BCUT2D eigenvalue weighted by Crippen LogP contribution is 2.71.